The van der Waals surface area contributed by atoms with E-state index in [2.05, 4.69) is 31.9 Å². The van der Waals surface area contributed by atoms with E-state index in [9.17, 15) is 64.2 Å². The summed E-state index contributed by atoms with van der Waals surface area (Å²) in [5, 5.41) is 74.6. The summed E-state index contributed by atoms with van der Waals surface area (Å²) in [7, 11) is 0. The first-order chi connectivity index (χ1) is 31.5. The molecule has 25 nitrogen and oxygen atoms in total. The summed E-state index contributed by atoms with van der Waals surface area (Å²) < 4.78 is 32.8. The highest BCUT2D eigenvalue weighted by atomic mass is 16.7. The van der Waals surface area contributed by atoms with Crippen molar-refractivity contribution >= 4 is 41.7 Å². The summed E-state index contributed by atoms with van der Waals surface area (Å²) in [5.74, 6) is -3.23. The van der Waals surface area contributed by atoms with Crippen LogP contribution in [0.1, 0.15) is 78.6 Å². The maximum atomic E-state index is 13.3. The van der Waals surface area contributed by atoms with Gasteiger partial charge in [-0.2, -0.15) is 0 Å². The van der Waals surface area contributed by atoms with Crippen LogP contribution in [0.15, 0.2) is 0 Å². The fourth-order valence-corrected chi connectivity index (χ4v) is 6.89. The lowest BCUT2D eigenvalue weighted by molar-refractivity contribution is -0.272. The number of hydrogen-bond acceptors (Lipinski definition) is 19. The van der Waals surface area contributed by atoms with Crippen molar-refractivity contribution in [2.45, 2.75) is 146 Å². The van der Waals surface area contributed by atoms with Crippen molar-refractivity contribution in [3.8, 4) is 0 Å². The van der Waals surface area contributed by atoms with Crippen LogP contribution in [0.2, 0.25) is 0 Å². The number of amides is 6. The minimum absolute atomic E-state index is 0.00807. The molecule has 66 heavy (non-hydrogen) atoms. The number of nitrogens with one attached hydrogen (secondary N) is 6. The lowest BCUT2D eigenvalue weighted by Gasteiger charge is -2.42. The van der Waals surface area contributed by atoms with Gasteiger partial charge in [0, 0.05) is 45.7 Å². The van der Waals surface area contributed by atoms with Crippen LogP contribution in [0.5, 0.6) is 0 Å². The van der Waals surface area contributed by atoms with Gasteiger partial charge in [-0.05, 0) is 32.6 Å². The van der Waals surface area contributed by atoms with Gasteiger partial charge in [-0.15, -0.1) is 0 Å². The molecule has 380 valence electrons. The molecule has 1 heterocycles. The number of aliphatic hydroxyl groups is 6. The molecule has 6 amide bonds. The van der Waals surface area contributed by atoms with Crippen molar-refractivity contribution in [1.29, 1.82) is 0 Å². The normalized spacial score (nSPS) is 22.7. The average Bonchev–Trinajstić information content (AvgIpc) is 3.28. The van der Waals surface area contributed by atoms with E-state index >= 15 is 0 Å². The van der Waals surface area contributed by atoms with E-state index in [1.165, 1.54) is 20.8 Å². The Hall–Kier alpha value is -3.99. The predicted octanol–water partition coefficient (Wildman–Crippen LogP) is -4.92. The average molecular weight is 953 g/mol. The molecule has 1 aliphatic carbocycles. The van der Waals surface area contributed by atoms with E-state index in [4.69, 9.17) is 28.4 Å². The van der Waals surface area contributed by atoms with Crippen molar-refractivity contribution in [3.63, 3.8) is 0 Å². The minimum Gasteiger partial charge on any atom is -0.394 e. The molecule has 0 spiro atoms. The largest absolute Gasteiger partial charge is 0.394 e. The lowest BCUT2D eigenvalue weighted by Crippen LogP contribution is -2.64. The monoisotopic (exact) mass is 952 g/mol. The number of carbonyl (C=O) groups excluding carboxylic acids is 7. The molecule has 0 aromatic carbocycles. The fourth-order valence-electron chi connectivity index (χ4n) is 6.89. The van der Waals surface area contributed by atoms with E-state index in [1.54, 1.807) is 0 Å². The number of aldehydes is 1. The second-order valence-corrected chi connectivity index (χ2v) is 15.9. The molecular formula is C41H72N6O19. The SMILES string of the molecule is CC(=O)NC(O)C(OCCOCCNC(=O)CCC(C=O)NC(=O)CCC(NC(=O)C1CCCCC1)C(=O)NCCOCCOC1OC(CO)C(O)C(O)C1NC(C)=O)OC(CO)C(C)O. The summed E-state index contributed by atoms with van der Waals surface area (Å²) in [4.78, 5) is 86.5. The molecule has 25 heteroatoms. The smallest absolute Gasteiger partial charge is 0.242 e. The molecular weight excluding hydrogens is 880 g/mol. The Kier molecular flexibility index (Phi) is 28.8. The van der Waals surface area contributed by atoms with Crippen LogP contribution in [0.4, 0.5) is 0 Å². The summed E-state index contributed by atoms with van der Waals surface area (Å²) in [6.07, 6.45) is -6.41. The van der Waals surface area contributed by atoms with Crippen molar-refractivity contribution in [2.24, 2.45) is 5.92 Å². The van der Waals surface area contributed by atoms with Crippen LogP contribution in [-0.2, 0) is 62.0 Å². The van der Waals surface area contributed by atoms with Gasteiger partial charge in [0.05, 0.1) is 65.0 Å². The topological polar surface area (TPSA) is 368 Å². The number of aliphatic hydroxyl groups excluding tert-OH is 6. The Labute approximate surface area is 383 Å². The molecule has 2 aliphatic rings. The van der Waals surface area contributed by atoms with E-state index in [-0.39, 0.29) is 90.2 Å². The van der Waals surface area contributed by atoms with Gasteiger partial charge in [-0.3, -0.25) is 28.8 Å². The molecule has 1 saturated carbocycles. The molecule has 11 unspecified atom stereocenters. The molecule has 1 aliphatic heterocycles. The second kappa shape index (κ2) is 32.7. The first-order valence-corrected chi connectivity index (χ1v) is 22.3. The number of hydrogen-bond donors (Lipinski definition) is 12. The summed E-state index contributed by atoms with van der Waals surface area (Å²) in [6.45, 7) is 2.48. The molecule has 2 fully saturated rings. The Morgan fingerprint density at radius 1 is 0.773 bits per heavy atom. The second-order valence-electron chi connectivity index (χ2n) is 15.9. The van der Waals surface area contributed by atoms with E-state index < -0.39 is 110 Å². The van der Waals surface area contributed by atoms with Gasteiger partial charge < -0.3 is 95.8 Å². The Morgan fingerprint density at radius 2 is 1.42 bits per heavy atom. The third-order valence-corrected chi connectivity index (χ3v) is 10.5. The Bertz CT molecular complexity index is 1480. The molecule has 1 saturated heterocycles. The molecule has 0 aromatic heterocycles. The van der Waals surface area contributed by atoms with Crippen LogP contribution in [0.25, 0.3) is 0 Å². The van der Waals surface area contributed by atoms with Gasteiger partial charge in [0.15, 0.2) is 12.5 Å². The zero-order valence-corrected chi connectivity index (χ0v) is 37.9. The Morgan fingerprint density at radius 3 is 2.03 bits per heavy atom. The molecule has 12 N–H and O–H groups in total. The van der Waals surface area contributed by atoms with Gasteiger partial charge in [0.25, 0.3) is 0 Å². The first kappa shape index (κ1) is 58.1. The highest BCUT2D eigenvalue weighted by Crippen LogP contribution is 2.24. The maximum Gasteiger partial charge on any atom is 0.242 e. The quantitative estimate of drug-likeness (QED) is 0.0167. The highest BCUT2D eigenvalue weighted by molar-refractivity contribution is 5.89. The number of carbonyl (C=O) groups is 7. The van der Waals surface area contributed by atoms with Gasteiger partial charge in [0.2, 0.25) is 41.7 Å². The van der Waals surface area contributed by atoms with Crippen LogP contribution in [0, 0.1) is 5.92 Å². The predicted molar refractivity (Wildman–Crippen MR) is 227 cm³/mol. The Balaban J connectivity index is 1.77. The zero-order chi connectivity index (χ0) is 49.0. The molecule has 0 radical (unpaired) electrons. The van der Waals surface area contributed by atoms with E-state index in [0.717, 1.165) is 19.3 Å². The maximum absolute atomic E-state index is 13.3. The summed E-state index contributed by atoms with van der Waals surface area (Å²) in [5.41, 5.74) is 0. The molecule has 0 bridgehead atoms. The van der Waals surface area contributed by atoms with E-state index in [1.807, 2.05) is 0 Å². The first-order valence-electron chi connectivity index (χ1n) is 22.3. The number of rotatable bonds is 33. The third-order valence-electron chi connectivity index (χ3n) is 10.5. The van der Waals surface area contributed by atoms with Gasteiger partial charge in [-0.1, -0.05) is 19.3 Å². The van der Waals surface area contributed by atoms with Crippen molar-refractivity contribution in [1.82, 2.24) is 31.9 Å². The third kappa shape index (κ3) is 22.7. The van der Waals surface area contributed by atoms with Crippen molar-refractivity contribution in [3.05, 3.63) is 0 Å². The summed E-state index contributed by atoms with van der Waals surface area (Å²) >= 11 is 0. The zero-order valence-electron chi connectivity index (χ0n) is 37.9. The minimum atomic E-state index is -1.60. The van der Waals surface area contributed by atoms with Crippen LogP contribution in [-0.4, -0.2) is 206 Å². The van der Waals surface area contributed by atoms with Gasteiger partial charge in [0.1, 0.15) is 42.8 Å². The summed E-state index contributed by atoms with van der Waals surface area (Å²) in [6, 6.07) is -3.22. The molecule has 0 aromatic rings. The highest BCUT2D eigenvalue weighted by Gasteiger charge is 2.45. The molecule has 11 atom stereocenters. The standard InChI is InChI=1S/C41H72N6O19/c1-24(51)30(22-49)65-41(39(60)45-26(3)53)64-20-18-61-15-13-42-32(54)11-9-28(21-48)46-33(55)12-10-29(47-37(58)27-7-5-4-6-8-27)38(59)43-14-16-62-17-19-63-40-34(44-25(2)52)36(57)35(56)31(23-50)66-40/h21,24,27-31,34-36,39-41,49-51,56-57,60H,4-20,22-23H2,1-3H3,(H,42,54)(H,43,59)(H,44,52)(H,45,53)(H,46,55)(H,47,58). The van der Waals surface area contributed by atoms with Crippen LogP contribution in [0.3, 0.4) is 0 Å². The van der Waals surface area contributed by atoms with Gasteiger partial charge >= 0.3 is 0 Å². The van der Waals surface area contributed by atoms with E-state index in [0.29, 0.717) is 19.1 Å². The van der Waals surface area contributed by atoms with Crippen LogP contribution >= 0.6 is 0 Å². The van der Waals surface area contributed by atoms with Crippen LogP contribution < -0.4 is 31.9 Å². The van der Waals surface area contributed by atoms with Crippen molar-refractivity contribution in [2.75, 3.05) is 65.9 Å². The fraction of sp³-hybridized carbons (Fsp3) is 0.829. The molecule has 2 rings (SSSR count). The lowest BCUT2D eigenvalue weighted by atomic mass is 9.88. The van der Waals surface area contributed by atoms with Crippen molar-refractivity contribution < 1.29 is 92.6 Å². The number of ether oxygens (including phenoxy) is 6. The van der Waals surface area contributed by atoms with Gasteiger partial charge in [-0.25, -0.2) is 0 Å².